The molecule has 0 aromatic heterocycles. The van der Waals surface area contributed by atoms with E-state index in [1.54, 1.807) is 4.90 Å². The highest BCUT2D eigenvalue weighted by atomic mass is 16.2. The van der Waals surface area contributed by atoms with Crippen LogP contribution in [0.1, 0.15) is 11.1 Å². The third-order valence-corrected chi connectivity index (χ3v) is 3.21. The van der Waals surface area contributed by atoms with E-state index >= 15 is 0 Å². The standard InChI is InChI=1S/C13H18N2O/c1-14(2)13(16)12-8-10-6-4-5-7-11(10)9-15(12)3/h4-7,12H,8-9H2,1-3H3. The molecule has 0 saturated carbocycles. The fourth-order valence-corrected chi connectivity index (χ4v) is 2.23. The van der Waals surface area contributed by atoms with Gasteiger partial charge >= 0.3 is 0 Å². The van der Waals surface area contributed by atoms with E-state index in [-0.39, 0.29) is 11.9 Å². The summed E-state index contributed by atoms with van der Waals surface area (Å²) in [6, 6.07) is 8.35. The largest absolute Gasteiger partial charge is 0.347 e. The second-order valence-electron chi connectivity index (χ2n) is 4.64. The summed E-state index contributed by atoms with van der Waals surface area (Å²) in [6.45, 7) is 0.862. The first-order chi connectivity index (χ1) is 7.59. The fraction of sp³-hybridized carbons (Fsp3) is 0.462. The second kappa shape index (κ2) is 4.26. The fourth-order valence-electron chi connectivity index (χ4n) is 2.23. The smallest absolute Gasteiger partial charge is 0.239 e. The maximum Gasteiger partial charge on any atom is 0.239 e. The van der Waals surface area contributed by atoms with Gasteiger partial charge in [0.2, 0.25) is 5.91 Å². The number of rotatable bonds is 1. The Labute approximate surface area is 96.7 Å². The van der Waals surface area contributed by atoms with Crippen LogP contribution in [-0.2, 0) is 17.8 Å². The van der Waals surface area contributed by atoms with Crippen molar-refractivity contribution in [1.29, 1.82) is 0 Å². The van der Waals surface area contributed by atoms with Gasteiger partial charge in [0.1, 0.15) is 0 Å². The highest BCUT2D eigenvalue weighted by Gasteiger charge is 2.29. The number of likely N-dealkylation sites (N-methyl/N-ethyl adjacent to an activating group) is 2. The van der Waals surface area contributed by atoms with Gasteiger partial charge in [-0.2, -0.15) is 0 Å². The minimum atomic E-state index is -0.00935. The number of hydrogen-bond donors (Lipinski definition) is 0. The summed E-state index contributed by atoms with van der Waals surface area (Å²) in [7, 11) is 5.65. The van der Waals surface area contributed by atoms with Crippen LogP contribution in [0.2, 0.25) is 0 Å². The Morgan fingerprint density at radius 2 is 1.94 bits per heavy atom. The Morgan fingerprint density at radius 1 is 1.31 bits per heavy atom. The Bertz CT molecular complexity index is 401. The summed E-state index contributed by atoms with van der Waals surface area (Å²) < 4.78 is 0. The molecule has 1 heterocycles. The number of benzene rings is 1. The predicted octanol–water partition coefficient (Wildman–Crippen LogP) is 1.13. The van der Waals surface area contributed by atoms with Crippen molar-refractivity contribution in [3.05, 3.63) is 35.4 Å². The van der Waals surface area contributed by atoms with Crippen molar-refractivity contribution in [3.63, 3.8) is 0 Å². The zero-order chi connectivity index (χ0) is 11.7. The predicted molar refractivity (Wildman–Crippen MR) is 64.1 cm³/mol. The molecule has 0 bridgehead atoms. The molecule has 1 atom stereocenters. The van der Waals surface area contributed by atoms with E-state index in [4.69, 9.17) is 0 Å². The highest BCUT2D eigenvalue weighted by molar-refractivity contribution is 5.82. The van der Waals surface area contributed by atoms with Gasteiger partial charge in [0, 0.05) is 20.6 Å². The van der Waals surface area contributed by atoms with Crippen LogP contribution in [0.25, 0.3) is 0 Å². The van der Waals surface area contributed by atoms with E-state index in [2.05, 4.69) is 23.1 Å². The molecule has 3 heteroatoms. The summed E-state index contributed by atoms with van der Waals surface area (Å²) in [5.74, 6) is 0.192. The van der Waals surface area contributed by atoms with Gasteiger partial charge in [-0.25, -0.2) is 0 Å². The van der Waals surface area contributed by atoms with Gasteiger partial charge in [0.05, 0.1) is 6.04 Å². The lowest BCUT2D eigenvalue weighted by Crippen LogP contribution is -2.48. The maximum absolute atomic E-state index is 12.0. The van der Waals surface area contributed by atoms with E-state index in [1.165, 1.54) is 11.1 Å². The summed E-state index contributed by atoms with van der Waals surface area (Å²) in [5.41, 5.74) is 2.65. The average Bonchev–Trinajstić information content (AvgIpc) is 2.27. The molecule has 0 aliphatic carbocycles. The summed E-state index contributed by atoms with van der Waals surface area (Å²) >= 11 is 0. The summed E-state index contributed by atoms with van der Waals surface area (Å²) in [4.78, 5) is 15.8. The highest BCUT2D eigenvalue weighted by Crippen LogP contribution is 2.22. The SMILES string of the molecule is CN(C)C(=O)C1Cc2ccccc2CN1C. The number of amides is 1. The van der Waals surface area contributed by atoms with E-state index in [0.717, 1.165) is 13.0 Å². The monoisotopic (exact) mass is 218 g/mol. The number of carbonyl (C=O) groups is 1. The van der Waals surface area contributed by atoms with Crippen molar-refractivity contribution < 1.29 is 4.79 Å². The molecular weight excluding hydrogens is 200 g/mol. The van der Waals surface area contributed by atoms with Crippen LogP contribution in [0, 0.1) is 0 Å². The molecule has 3 nitrogen and oxygen atoms in total. The van der Waals surface area contributed by atoms with Gasteiger partial charge in [-0.3, -0.25) is 9.69 Å². The van der Waals surface area contributed by atoms with Gasteiger partial charge in [-0.1, -0.05) is 24.3 Å². The minimum absolute atomic E-state index is 0.00935. The van der Waals surface area contributed by atoms with E-state index in [0.29, 0.717) is 0 Å². The van der Waals surface area contributed by atoms with Crippen LogP contribution in [0.15, 0.2) is 24.3 Å². The summed E-state index contributed by atoms with van der Waals surface area (Å²) in [6.07, 6.45) is 0.823. The van der Waals surface area contributed by atoms with Crippen LogP contribution < -0.4 is 0 Å². The van der Waals surface area contributed by atoms with Gasteiger partial charge in [-0.05, 0) is 24.6 Å². The molecule has 0 radical (unpaired) electrons. The molecule has 2 rings (SSSR count). The van der Waals surface area contributed by atoms with E-state index in [9.17, 15) is 4.79 Å². The van der Waals surface area contributed by atoms with Crippen molar-refractivity contribution in [3.8, 4) is 0 Å². The average molecular weight is 218 g/mol. The zero-order valence-corrected chi connectivity index (χ0v) is 10.1. The van der Waals surface area contributed by atoms with Gasteiger partial charge in [-0.15, -0.1) is 0 Å². The Balaban J connectivity index is 2.24. The number of fused-ring (bicyclic) bond motifs is 1. The lowest BCUT2D eigenvalue weighted by molar-refractivity contribution is -0.134. The van der Waals surface area contributed by atoms with Crippen LogP contribution in [0.5, 0.6) is 0 Å². The van der Waals surface area contributed by atoms with E-state index < -0.39 is 0 Å². The molecule has 1 amide bonds. The lowest BCUT2D eigenvalue weighted by atomic mass is 9.94. The van der Waals surface area contributed by atoms with Crippen LogP contribution in [0.3, 0.4) is 0 Å². The third-order valence-electron chi connectivity index (χ3n) is 3.21. The Hall–Kier alpha value is -1.35. The second-order valence-corrected chi connectivity index (χ2v) is 4.64. The first-order valence-corrected chi connectivity index (χ1v) is 5.58. The molecule has 0 N–H and O–H groups in total. The molecular formula is C13H18N2O. The quantitative estimate of drug-likeness (QED) is 0.705. The normalized spacial score (nSPS) is 20.3. The van der Waals surface area contributed by atoms with Crippen molar-refractivity contribution in [2.24, 2.45) is 0 Å². The molecule has 1 aromatic rings. The molecule has 1 aromatic carbocycles. The van der Waals surface area contributed by atoms with Crippen molar-refractivity contribution >= 4 is 5.91 Å². The molecule has 0 saturated heterocycles. The minimum Gasteiger partial charge on any atom is -0.347 e. The van der Waals surface area contributed by atoms with Crippen molar-refractivity contribution in [1.82, 2.24) is 9.80 Å². The van der Waals surface area contributed by atoms with Gasteiger partial charge in [0.15, 0.2) is 0 Å². The summed E-state index contributed by atoms with van der Waals surface area (Å²) in [5, 5.41) is 0. The number of carbonyl (C=O) groups excluding carboxylic acids is 1. The number of hydrogen-bond acceptors (Lipinski definition) is 2. The van der Waals surface area contributed by atoms with Crippen LogP contribution >= 0.6 is 0 Å². The zero-order valence-electron chi connectivity index (χ0n) is 10.1. The van der Waals surface area contributed by atoms with Crippen LogP contribution in [0.4, 0.5) is 0 Å². The molecule has 86 valence electrons. The molecule has 16 heavy (non-hydrogen) atoms. The molecule has 0 spiro atoms. The molecule has 0 fully saturated rings. The third kappa shape index (κ3) is 1.95. The first kappa shape index (κ1) is 11.1. The van der Waals surface area contributed by atoms with Crippen molar-refractivity contribution in [2.75, 3.05) is 21.1 Å². The first-order valence-electron chi connectivity index (χ1n) is 5.58. The van der Waals surface area contributed by atoms with Crippen LogP contribution in [-0.4, -0.2) is 42.9 Å². The van der Waals surface area contributed by atoms with Gasteiger partial charge < -0.3 is 4.90 Å². The van der Waals surface area contributed by atoms with Crippen molar-refractivity contribution in [2.45, 2.75) is 19.0 Å². The van der Waals surface area contributed by atoms with Gasteiger partial charge in [0.25, 0.3) is 0 Å². The number of nitrogens with zero attached hydrogens (tertiary/aromatic N) is 2. The molecule has 1 aliphatic heterocycles. The maximum atomic E-state index is 12.0. The Kier molecular flexibility index (Phi) is 2.97. The topological polar surface area (TPSA) is 23.6 Å². The lowest BCUT2D eigenvalue weighted by Gasteiger charge is -2.34. The van der Waals surface area contributed by atoms with E-state index in [1.807, 2.05) is 27.2 Å². The Morgan fingerprint density at radius 3 is 2.56 bits per heavy atom. The molecule has 1 unspecified atom stereocenters. The molecule has 1 aliphatic rings.